The van der Waals surface area contributed by atoms with Gasteiger partial charge in [-0.1, -0.05) is 39.5 Å². The molecule has 0 bridgehead atoms. The molecule has 0 N–H and O–H groups in total. The summed E-state index contributed by atoms with van der Waals surface area (Å²) in [6.45, 7) is 6.71. The van der Waals surface area contributed by atoms with Gasteiger partial charge < -0.3 is 0 Å². The van der Waals surface area contributed by atoms with E-state index in [9.17, 15) is 0 Å². The zero-order chi connectivity index (χ0) is 10.4. The van der Waals surface area contributed by atoms with Gasteiger partial charge in [0.15, 0.2) is 0 Å². The van der Waals surface area contributed by atoms with E-state index in [1.54, 1.807) is 0 Å². The minimum absolute atomic E-state index is 0.580. The summed E-state index contributed by atoms with van der Waals surface area (Å²) in [5.74, 6) is 0. The minimum Gasteiger partial charge on any atom is -0.279 e. The van der Waals surface area contributed by atoms with Gasteiger partial charge in [0.25, 0.3) is 0 Å². The van der Waals surface area contributed by atoms with Crippen molar-refractivity contribution in [2.24, 2.45) is 4.99 Å². The molecular formula is C12H23NS. The summed E-state index contributed by atoms with van der Waals surface area (Å²) in [4.78, 5) is 4.72. The van der Waals surface area contributed by atoms with E-state index in [1.165, 1.54) is 44.2 Å². The summed E-state index contributed by atoms with van der Waals surface area (Å²) in [5.41, 5.74) is 1.37. The van der Waals surface area contributed by atoms with E-state index in [2.05, 4.69) is 32.5 Å². The molecule has 0 aromatic rings. The van der Waals surface area contributed by atoms with Crippen molar-refractivity contribution in [3.8, 4) is 0 Å². The summed E-state index contributed by atoms with van der Waals surface area (Å²) in [7, 11) is 0. The first-order valence-corrected chi connectivity index (χ1v) is 6.92. The third kappa shape index (κ3) is 3.64. The van der Waals surface area contributed by atoms with Crippen LogP contribution in [0.5, 0.6) is 0 Å². The van der Waals surface area contributed by atoms with Crippen LogP contribution in [-0.2, 0) is 0 Å². The molecular weight excluding hydrogens is 190 g/mol. The number of hydrogen-bond acceptors (Lipinski definition) is 2. The SMILES string of the molecule is CCCCCC[C@@H]1N=C(C)[C@@H](CC)S1. The molecule has 0 fully saturated rings. The van der Waals surface area contributed by atoms with Crippen LogP contribution in [0.15, 0.2) is 4.99 Å². The summed E-state index contributed by atoms with van der Waals surface area (Å²) in [5, 5.41) is 1.29. The van der Waals surface area contributed by atoms with Crippen LogP contribution in [0, 0.1) is 0 Å². The van der Waals surface area contributed by atoms with Crippen molar-refractivity contribution in [3.05, 3.63) is 0 Å². The molecule has 0 aromatic heterocycles. The monoisotopic (exact) mass is 213 g/mol. The predicted molar refractivity (Wildman–Crippen MR) is 67.3 cm³/mol. The average Bonchev–Trinajstić information content (AvgIpc) is 2.54. The molecule has 0 saturated carbocycles. The number of rotatable bonds is 6. The molecule has 1 heterocycles. The van der Waals surface area contributed by atoms with E-state index >= 15 is 0 Å². The molecule has 14 heavy (non-hydrogen) atoms. The fraction of sp³-hybridized carbons (Fsp3) is 0.917. The summed E-state index contributed by atoms with van der Waals surface area (Å²) in [6, 6.07) is 0. The van der Waals surface area contributed by atoms with Gasteiger partial charge in [-0.3, -0.25) is 4.99 Å². The van der Waals surface area contributed by atoms with E-state index in [0.29, 0.717) is 10.6 Å². The minimum atomic E-state index is 0.580. The van der Waals surface area contributed by atoms with Gasteiger partial charge in [0.2, 0.25) is 0 Å². The first-order valence-electron chi connectivity index (χ1n) is 5.97. The molecule has 1 nitrogen and oxygen atoms in total. The van der Waals surface area contributed by atoms with Crippen LogP contribution in [-0.4, -0.2) is 16.3 Å². The van der Waals surface area contributed by atoms with Crippen molar-refractivity contribution in [1.29, 1.82) is 0 Å². The van der Waals surface area contributed by atoms with Crippen LogP contribution in [0.4, 0.5) is 0 Å². The van der Waals surface area contributed by atoms with E-state index in [4.69, 9.17) is 4.99 Å². The zero-order valence-corrected chi connectivity index (χ0v) is 10.6. The van der Waals surface area contributed by atoms with Crippen molar-refractivity contribution in [2.75, 3.05) is 0 Å². The fourth-order valence-corrected chi connectivity index (χ4v) is 3.26. The number of nitrogens with zero attached hydrogens (tertiary/aromatic N) is 1. The molecule has 0 amide bonds. The molecule has 0 aromatic carbocycles. The molecule has 2 heteroatoms. The van der Waals surface area contributed by atoms with Gasteiger partial charge in [-0.2, -0.15) is 0 Å². The second-order valence-corrected chi connectivity index (χ2v) is 5.49. The van der Waals surface area contributed by atoms with Crippen molar-refractivity contribution in [3.63, 3.8) is 0 Å². The largest absolute Gasteiger partial charge is 0.279 e. The molecule has 0 radical (unpaired) electrons. The van der Waals surface area contributed by atoms with Crippen molar-refractivity contribution < 1.29 is 0 Å². The normalized spacial score (nSPS) is 26.6. The van der Waals surface area contributed by atoms with Gasteiger partial charge in [-0.25, -0.2) is 0 Å². The Kier molecular flexibility index (Phi) is 5.61. The van der Waals surface area contributed by atoms with Gasteiger partial charge in [-0.05, 0) is 19.8 Å². The molecule has 1 aliphatic heterocycles. The smallest absolute Gasteiger partial charge is 0.0957 e. The number of aliphatic imine (C=N–C) groups is 1. The Morgan fingerprint density at radius 2 is 2.00 bits per heavy atom. The van der Waals surface area contributed by atoms with Gasteiger partial charge in [-0.15, -0.1) is 11.8 Å². The van der Waals surface area contributed by atoms with Crippen molar-refractivity contribution in [1.82, 2.24) is 0 Å². The quantitative estimate of drug-likeness (QED) is 0.600. The van der Waals surface area contributed by atoms with Gasteiger partial charge in [0.05, 0.1) is 5.37 Å². The average molecular weight is 213 g/mol. The Morgan fingerprint density at radius 3 is 2.57 bits per heavy atom. The summed E-state index contributed by atoms with van der Waals surface area (Å²) < 4.78 is 0. The maximum atomic E-state index is 4.72. The molecule has 0 unspecified atom stereocenters. The Hall–Kier alpha value is 0.0200. The van der Waals surface area contributed by atoms with Crippen LogP contribution < -0.4 is 0 Å². The number of thioether (sulfide) groups is 1. The molecule has 82 valence electrons. The Balaban J connectivity index is 2.15. The topological polar surface area (TPSA) is 12.4 Å². The van der Waals surface area contributed by atoms with Gasteiger partial charge in [0.1, 0.15) is 0 Å². The highest BCUT2D eigenvalue weighted by Gasteiger charge is 2.23. The van der Waals surface area contributed by atoms with E-state index < -0.39 is 0 Å². The lowest BCUT2D eigenvalue weighted by molar-refractivity contribution is 0.626. The van der Waals surface area contributed by atoms with Crippen LogP contribution in [0.25, 0.3) is 0 Å². The number of unbranched alkanes of at least 4 members (excludes halogenated alkanes) is 3. The zero-order valence-electron chi connectivity index (χ0n) is 9.75. The third-order valence-electron chi connectivity index (χ3n) is 2.81. The van der Waals surface area contributed by atoms with E-state index in [1.807, 2.05) is 0 Å². The number of hydrogen-bond donors (Lipinski definition) is 0. The lowest BCUT2D eigenvalue weighted by Crippen LogP contribution is -2.06. The molecule has 0 saturated heterocycles. The van der Waals surface area contributed by atoms with Crippen LogP contribution >= 0.6 is 11.8 Å². The second kappa shape index (κ2) is 6.49. The lowest BCUT2D eigenvalue weighted by Gasteiger charge is -2.08. The highest BCUT2D eigenvalue weighted by atomic mass is 32.2. The van der Waals surface area contributed by atoms with Crippen LogP contribution in [0.3, 0.4) is 0 Å². The molecule has 0 spiro atoms. The summed E-state index contributed by atoms with van der Waals surface area (Å²) in [6.07, 6.45) is 8.00. The maximum absolute atomic E-state index is 4.72. The van der Waals surface area contributed by atoms with Crippen molar-refractivity contribution in [2.45, 2.75) is 69.9 Å². The van der Waals surface area contributed by atoms with Gasteiger partial charge >= 0.3 is 0 Å². The Labute approximate surface area is 92.8 Å². The van der Waals surface area contributed by atoms with Crippen molar-refractivity contribution >= 4 is 17.5 Å². The predicted octanol–water partition coefficient (Wildman–Crippen LogP) is 4.27. The standard InChI is InChI=1S/C12H23NS/c1-4-6-7-8-9-12-13-10(3)11(5-2)14-12/h11-12H,4-9H2,1-3H3/t11-,12-/m1/s1. The van der Waals surface area contributed by atoms with Crippen LogP contribution in [0.2, 0.25) is 0 Å². The maximum Gasteiger partial charge on any atom is 0.0957 e. The summed E-state index contributed by atoms with van der Waals surface area (Å²) >= 11 is 2.07. The van der Waals surface area contributed by atoms with Crippen LogP contribution in [0.1, 0.15) is 59.3 Å². The first kappa shape index (κ1) is 12.1. The third-order valence-corrected chi connectivity index (χ3v) is 4.47. The molecule has 0 aliphatic carbocycles. The molecule has 1 rings (SSSR count). The Bertz CT molecular complexity index is 189. The highest BCUT2D eigenvalue weighted by molar-refractivity contribution is 8.01. The van der Waals surface area contributed by atoms with Gasteiger partial charge in [0, 0.05) is 11.0 Å². The lowest BCUT2D eigenvalue weighted by atomic mass is 10.1. The second-order valence-electron chi connectivity index (χ2n) is 4.11. The highest BCUT2D eigenvalue weighted by Crippen LogP contribution is 2.32. The molecule has 2 atom stereocenters. The first-order chi connectivity index (χ1) is 6.77. The molecule has 1 aliphatic rings. The Morgan fingerprint density at radius 1 is 1.21 bits per heavy atom. The fourth-order valence-electron chi connectivity index (χ4n) is 1.90. The van der Waals surface area contributed by atoms with E-state index in [0.717, 1.165) is 0 Å². The van der Waals surface area contributed by atoms with E-state index in [-0.39, 0.29) is 0 Å².